The summed E-state index contributed by atoms with van der Waals surface area (Å²) in [4.78, 5) is 26.1. The van der Waals surface area contributed by atoms with Crippen LogP contribution in [-0.2, 0) is 9.53 Å². The van der Waals surface area contributed by atoms with Crippen LogP contribution in [0, 0.1) is 18.6 Å². The number of phenolic OH excluding ortho intramolecular Hbond substituents is 1. The lowest BCUT2D eigenvalue weighted by atomic mass is 9.97. The molecule has 3 aromatic rings. The highest BCUT2D eigenvalue weighted by Crippen LogP contribution is 2.36. The molecular weight excluding hydrogens is 404 g/mol. The van der Waals surface area contributed by atoms with Crippen LogP contribution in [0.15, 0.2) is 36.4 Å². The summed E-state index contributed by atoms with van der Waals surface area (Å²) >= 11 is 0. The molecule has 5 nitrogen and oxygen atoms in total. The van der Waals surface area contributed by atoms with E-state index in [1.165, 1.54) is 22.8 Å². The van der Waals surface area contributed by atoms with Gasteiger partial charge in [0.15, 0.2) is 11.6 Å². The highest BCUT2D eigenvalue weighted by molar-refractivity contribution is 6.05. The number of aromatic nitrogens is 1. The quantitative estimate of drug-likeness (QED) is 0.581. The predicted molar refractivity (Wildman–Crippen MR) is 111 cm³/mol. The molecule has 4 rings (SSSR count). The first kappa shape index (κ1) is 21.0. The number of aromatic hydroxyl groups is 1. The van der Waals surface area contributed by atoms with Crippen molar-refractivity contribution in [3.05, 3.63) is 64.9 Å². The second-order valence-corrected chi connectivity index (χ2v) is 8.04. The molecule has 1 fully saturated rings. The van der Waals surface area contributed by atoms with Crippen LogP contribution in [0.5, 0.6) is 5.75 Å². The van der Waals surface area contributed by atoms with E-state index in [1.807, 2.05) is 0 Å². The third kappa shape index (κ3) is 3.80. The van der Waals surface area contributed by atoms with Gasteiger partial charge in [0.25, 0.3) is 5.91 Å². The fraction of sp³-hybridized carbons (Fsp3) is 0.333. The Labute approximate surface area is 178 Å². The maximum Gasteiger partial charge on any atom is 0.313 e. The largest absolute Gasteiger partial charge is 0.508 e. The number of hydrogen-bond acceptors (Lipinski definition) is 4. The molecule has 7 heteroatoms. The van der Waals surface area contributed by atoms with Crippen molar-refractivity contribution in [2.24, 2.45) is 0 Å². The fourth-order valence-electron chi connectivity index (χ4n) is 4.39. The van der Waals surface area contributed by atoms with Gasteiger partial charge < -0.3 is 9.84 Å². The zero-order valence-electron chi connectivity index (χ0n) is 17.3. The number of ether oxygens (including phenoxy) is 1. The van der Waals surface area contributed by atoms with Crippen molar-refractivity contribution in [1.82, 2.24) is 4.57 Å². The number of fused-ring (bicyclic) bond motifs is 1. The summed E-state index contributed by atoms with van der Waals surface area (Å²) in [5.41, 5.74) is 1.47. The summed E-state index contributed by atoms with van der Waals surface area (Å²) in [5, 5.41) is 10.6. The molecule has 1 saturated carbocycles. The van der Waals surface area contributed by atoms with Crippen molar-refractivity contribution in [2.45, 2.75) is 51.6 Å². The molecule has 2 aromatic carbocycles. The molecule has 31 heavy (non-hydrogen) atoms. The Bertz CT molecular complexity index is 1180. The first-order valence-electron chi connectivity index (χ1n) is 10.3. The third-order valence-corrected chi connectivity index (χ3v) is 5.98. The molecule has 1 aromatic heterocycles. The van der Waals surface area contributed by atoms with Crippen LogP contribution in [0.1, 0.15) is 60.1 Å². The van der Waals surface area contributed by atoms with Crippen molar-refractivity contribution in [3.8, 4) is 5.75 Å². The lowest BCUT2D eigenvalue weighted by molar-refractivity contribution is -0.150. The van der Waals surface area contributed by atoms with Crippen molar-refractivity contribution >= 4 is 22.8 Å². The van der Waals surface area contributed by atoms with Crippen molar-refractivity contribution in [1.29, 1.82) is 0 Å². The van der Waals surface area contributed by atoms with Crippen LogP contribution in [-0.4, -0.2) is 27.7 Å². The second kappa shape index (κ2) is 8.13. The summed E-state index contributed by atoms with van der Waals surface area (Å²) < 4.78 is 34.1. The van der Waals surface area contributed by atoms with E-state index in [4.69, 9.17) is 4.74 Å². The molecule has 162 valence electrons. The SMILES string of the molecule is Cc1c(C(C)C(=O)OC2CCCC2)c2cc(O)ccc2n1C(=O)c1ccc(F)c(F)c1. The fourth-order valence-corrected chi connectivity index (χ4v) is 4.39. The number of halogens is 2. The number of carbonyl (C=O) groups is 2. The van der Waals surface area contributed by atoms with E-state index in [0.717, 1.165) is 37.8 Å². The monoisotopic (exact) mass is 427 g/mol. The van der Waals surface area contributed by atoms with Gasteiger partial charge in [-0.15, -0.1) is 0 Å². The molecule has 1 atom stereocenters. The lowest BCUT2D eigenvalue weighted by Crippen LogP contribution is -2.20. The Balaban J connectivity index is 1.80. The van der Waals surface area contributed by atoms with Crippen LogP contribution in [0.2, 0.25) is 0 Å². The Morgan fingerprint density at radius 3 is 2.48 bits per heavy atom. The zero-order valence-corrected chi connectivity index (χ0v) is 17.3. The summed E-state index contributed by atoms with van der Waals surface area (Å²) in [6.45, 7) is 3.39. The van der Waals surface area contributed by atoms with Crippen LogP contribution in [0.3, 0.4) is 0 Å². The predicted octanol–water partition coefficient (Wildman–Crippen LogP) is 5.21. The van der Waals surface area contributed by atoms with E-state index in [1.54, 1.807) is 19.9 Å². The van der Waals surface area contributed by atoms with Crippen LogP contribution in [0.25, 0.3) is 10.9 Å². The summed E-state index contributed by atoms with van der Waals surface area (Å²) in [7, 11) is 0. The first-order chi connectivity index (χ1) is 14.8. The number of benzene rings is 2. The number of nitrogens with zero attached hydrogens (tertiary/aromatic N) is 1. The number of hydrogen-bond donors (Lipinski definition) is 1. The Hall–Kier alpha value is -3.22. The molecule has 0 saturated heterocycles. The van der Waals surface area contributed by atoms with E-state index in [9.17, 15) is 23.5 Å². The minimum absolute atomic E-state index is 0.0115. The van der Waals surface area contributed by atoms with E-state index in [0.29, 0.717) is 22.2 Å². The maximum absolute atomic E-state index is 13.7. The Morgan fingerprint density at radius 2 is 1.81 bits per heavy atom. The molecule has 0 radical (unpaired) electrons. The van der Waals surface area contributed by atoms with Gasteiger partial charge >= 0.3 is 5.97 Å². The van der Waals surface area contributed by atoms with E-state index >= 15 is 0 Å². The molecule has 1 heterocycles. The van der Waals surface area contributed by atoms with Gasteiger partial charge in [0.2, 0.25) is 0 Å². The molecule has 0 amide bonds. The molecule has 0 bridgehead atoms. The molecule has 1 N–H and O–H groups in total. The average Bonchev–Trinajstić information content (AvgIpc) is 3.34. The number of carbonyl (C=O) groups excluding carboxylic acids is 2. The topological polar surface area (TPSA) is 68.5 Å². The number of rotatable bonds is 4. The van der Waals surface area contributed by atoms with Gasteiger partial charge in [-0.3, -0.25) is 14.2 Å². The third-order valence-electron chi connectivity index (χ3n) is 5.98. The molecule has 0 spiro atoms. The van der Waals surface area contributed by atoms with Gasteiger partial charge in [-0.25, -0.2) is 8.78 Å². The summed E-state index contributed by atoms with van der Waals surface area (Å²) in [6, 6.07) is 7.45. The lowest BCUT2D eigenvalue weighted by Gasteiger charge is -2.17. The van der Waals surface area contributed by atoms with E-state index in [-0.39, 0.29) is 17.4 Å². The van der Waals surface area contributed by atoms with Gasteiger partial charge in [0, 0.05) is 16.6 Å². The van der Waals surface area contributed by atoms with Crippen LogP contribution < -0.4 is 0 Å². The summed E-state index contributed by atoms with van der Waals surface area (Å²) in [6.07, 6.45) is 3.65. The minimum atomic E-state index is -1.12. The molecule has 1 aliphatic carbocycles. The highest BCUT2D eigenvalue weighted by atomic mass is 19.2. The molecule has 1 unspecified atom stereocenters. The van der Waals surface area contributed by atoms with Gasteiger partial charge in [-0.2, -0.15) is 0 Å². The number of phenols is 1. The van der Waals surface area contributed by atoms with Crippen molar-refractivity contribution in [3.63, 3.8) is 0 Å². The molecule has 0 aliphatic heterocycles. The average molecular weight is 427 g/mol. The Kier molecular flexibility index (Phi) is 5.52. The molecular formula is C24H23F2NO4. The first-order valence-corrected chi connectivity index (χ1v) is 10.3. The normalized spacial score (nSPS) is 15.4. The van der Waals surface area contributed by atoms with E-state index in [2.05, 4.69) is 0 Å². The summed E-state index contributed by atoms with van der Waals surface area (Å²) in [5.74, 6) is -3.80. The van der Waals surface area contributed by atoms with Gasteiger partial charge in [0.1, 0.15) is 11.9 Å². The zero-order chi connectivity index (χ0) is 22.3. The molecule has 1 aliphatic rings. The Morgan fingerprint density at radius 1 is 1.10 bits per heavy atom. The van der Waals surface area contributed by atoms with Crippen molar-refractivity contribution < 1.29 is 28.2 Å². The highest BCUT2D eigenvalue weighted by Gasteiger charge is 2.30. The van der Waals surface area contributed by atoms with Gasteiger partial charge in [-0.1, -0.05) is 0 Å². The standard InChI is InChI=1S/C24H23F2NO4/c1-13(24(30)31-17-5-3-4-6-17)22-14(2)27(21-10-8-16(28)12-18(21)22)23(29)15-7-9-19(25)20(26)11-15/h7-13,17,28H,3-6H2,1-2H3. The van der Waals surface area contributed by atoms with E-state index < -0.39 is 29.4 Å². The van der Waals surface area contributed by atoms with Crippen LogP contribution >= 0.6 is 0 Å². The number of esters is 1. The van der Waals surface area contributed by atoms with Crippen molar-refractivity contribution in [2.75, 3.05) is 0 Å². The minimum Gasteiger partial charge on any atom is -0.508 e. The smallest absolute Gasteiger partial charge is 0.313 e. The van der Waals surface area contributed by atoms with Gasteiger partial charge in [0.05, 0.1) is 11.4 Å². The van der Waals surface area contributed by atoms with Crippen LogP contribution in [0.4, 0.5) is 8.78 Å². The second-order valence-electron chi connectivity index (χ2n) is 8.04. The van der Waals surface area contributed by atoms with Gasteiger partial charge in [-0.05, 0) is 81.5 Å². The maximum atomic E-state index is 13.7.